The van der Waals surface area contributed by atoms with E-state index in [9.17, 15) is 19.4 Å². The van der Waals surface area contributed by atoms with Crippen molar-refractivity contribution >= 4 is 11.8 Å². The van der Waals surface area contributed by atoms with Crippen molar-refractivity contribution in [2.45, 2.75) is 18.6 Å². The number of hydrogen-bond donors (Lipinski definition) is 3. The van der Waals surface area contributed by atoms with Gasteiger partial charge in [0.25, 0.3) is 0 Å². The van der Waals surface area contributed by atoms with E-state index in [1.165, 1.54) is 0 Å². The van der Waals surface area contributed by atoms with Gasteiger partial charge in [-0.25, -0.2) is 9.37 Å². The number of anilines is 1. The van der Waals surface area contributed by atoms with E-state index in [-0.39, 0.29) is 11.4 Å². The van der Waals surface area contributed by atoms with Gasteiger partial charge in [0.15, 0.2) is 11.6 Å². The summed E-state index contributed by atoms with van der Waals surface area (Å²) >= 11 is 0. The smallest absolute Gasteiger partial charge is 0.308 e. The third-order valence-electron chi connectivity index (χ3n) is 2.20. The highest BCUT2D eigenvalue weighted by Crippen LogP contribution is 2.20. The highest BCUT2D eigenvalue weighted by atomic mass is 19.1. The van der Waals surface area contributed by atoms with Crippen LogP contribution in [-0.2, 0) is 9.53 Å². The van der Waals surface area contributed by atoms with E-state index >= 15 is 0 Å². The van der Waals surface area contributed by atoms with Crippen LogP contribution in [0.15, 0.2) is 12.3 Å². The van der Waals surface area contributed by atoms with E-state index < -0.39 is 30.4 Å². The van der Waals surface area contributed by atoms with Gasteiger partial charge < -0.3 is 20.7 Å². The Morgan fingerprint density at radius 1 is 1.65 bits per heavy atom. The van der Waals surface area contributed by atoms with Crippen molar-refractivity contribution in [3.05, 3.63) is 23.6 Å². The summed E-state index contributed by atoms with van der Waals surface area (Å²) in [7, 11) is 1.16. The van der Waals surface area contributed by atoms with Gasteiger partial charge in [-0.1, -0.05) is 0 Å². The van der Waals surface area contributed by atoms with E-state index in [0.717, 1.165) is 19.4 Å². The van der Waals surface area contributed by atoms with E-state index in [1.54, 1.807) is 0 Å². The van der Waals surface area contributed by atoms with Crippen molar-refractivity contribution in [1.82, 2.24) is 4.98 Å². The maximum Gasteiger partial charge on any atom is 0.308 e. The first-order valence-corrected chi connectivity index (χ1v) is 4.79. The molecule has 2 atom stereocenters. The van der Waals surface area contributed by atoms with Gasteiger partial charge >= 0.3 is 5.97 Å². The molecule has 1 heterocycles. The Labute approximate surface area is 96.8 Å². The number of nitrogens with zero attached hydrogens (tertiary/aromatic N) is 1. The standard InChI is InChI=1S/C10H13FN2O4/c1-17-8(15)3-7(14)9(16)5-2-6(11)10(12)13-4-5/h2,4,7,9,14,16H,3H2,1H3,(H2,12,13). The highest BCUT2D eigenvalue weighted by molar-refractivity contribution is 5.69. The molecule has 94 valence electrons. The summed E-state index contributed by atoms with van der Waals surface area (Å²) in [6.07, 6.45) is -2.10. The monoisotopic (exact) mass is 244 g/mol. The number of esters is 1. The van der Waals surface area contributed by atoms with E-state index in [2.05, 4.69) is 9.72 Å². The molecule has 0 spiro atoms. The lowest BCUT2D eigenvalue weighted by Gasteiger charge is -2.16. The quantitative estimate of drug-likeness (QED) is 0.631. The molecule has 0 aliphatic heterocycles. The Bertz CT molecular complexity index is 413. The first-order chi connectivity index (χ1) is 7.95. The third kappa shape index (κ3) is 3.36. The summed E-state index contributed by atoms with van der Waals surface area (Å²) in [4.78, 5) is 14.4. The van der Waals surface area contributed by atoms with Crippen LogP contribution >= 0.6 is 0 Å². The van der Waals surface area contributed by atoms with Crippen molar-refractivity contribution in [2.75, 3.05) is 12.8 Å². The summed E-state index contributed by atoms with van der Waals surface area (Å²) in [5, 5.41) is 19.1. The zero-order chi connectivity index (χ0) is 13.0. The molecule has 0 amide bonds. The second kappa shape index (κ2) is 5.55. The summed E-state index contributed by atoms with van der Waals surface area (Å²) in [6.45, 7) is 0. The fraction of sp³-hybridized carbons (Fsp3) is 0.400. The summed E-state index contributed by atoms with van der Waals surface area (Å²) in [6, 6.07) is 0.952. The molecule has 1 aromatic heterocycles. The fourth-order valence-corrected chi connectivity index (χ4v) is 1.21. The average Bonchev–Trinajstić information content (AvgIpc) is 2.31. The second-order valence-electron chi connectivity index (χ2n) is 3.43. The number of aliphatic hydroxyl groups excluding tert-OH is 2. The van der Waals surface area contributed by atoms with Crippen LogP contribution in [0.3, 0.4) is 0 Å². The van der Waals surface area contributed by atoms with E-state index in [1.807, 2.05) is 0 Å². The van der Waals surface area contributed by atoms with Gasteiger partial charge in [-0.3, -0.25) is 4.79 Å². The second-order valence-corrected chi connectivity index (χ2v) is 3.43. The van der Waals surface area contributed by atoms with Crippen LogP contribution in [0, 0.1) is 5.82 Å². The Morgan fingerprint density at radius 2 is 2.29 bits per heavy atom. The number of carbonyl (C=O) groups is 1. The SMILES string of the molecule is COC(=O)CC(O)C(O)c1cnc(N)c(F)c1. The van der Waals surface area contributed by atoms with Gasteiger partial charge in [0.2, 0.25) is 0 Å². The molecule has 0 aromatic carbocycles. The first-order valence-electron chi connectivity index (χ1n) is 4.79. The molecule has 0 saturated carbocycles. The van der Waals surface area contributed by atoms with Crippen LogP contribution < -0.4 is 5.73 Å². The maximum atomic E-state index is 13.1. The van der Waals surface area contributed by atoms with Crippen LogP contribution in [0.2, 0.25) is 0 Å². The fourth-order valence-electron chi connectivity index (χ4n) is 1.21. The molecule has 4 N–H and O–H groups in total. The number of nitrogen functional groups attached to an aromatic ring is 1. The lowest BCUT2D eigenvalue weighted by Crippen LogP contribution is -2.23. The largest absolute Gasteiger partial charge is 0.469 e. The van der Waals surface area contributed by atoms with Gasteiger partial charge in [0.1, 0.15) is 6.10 Å². The molecule has 2 unspecified atom stereocenters. The van der Waals surface area contributed by atoms with Crippen molar-refractivity contribution < 1.29 is 24.1 Å². The predicted octanol–water partition coefficient (Wildman–Crippen LogP) is -0.240. The number of ether oxygens (including phenoxy) is 1. The average molecular weight is 244 g/mol. The zero-order valence-electron chi connectivity index (χ0n) is 9.13. The van der Waals surface area contributed by atoms with Gasteiger partial charge in [-0.15, -0.1) is 0 Å². The highest BCUT2D eigenvalue weighted by Gasteiger charge is 2.22. The van der Waals surface area contributed by atoms with Crippen LogP contribution in [0.25, 0.3) is 0 Å². The number of carbonyl (C=O) groups excluding carboxylic acids is 1. The van der Waals surface area contributed by atoms with Gasteiger partial charge in [0, 0.05) is 11.8 Å². The minimum atomic E-state index is -1.43. The molecule has 0 fully saturated rings. The lowest BCUT2D eigenvalue weighted by atomic mass is 10.0. The number of aliphatic hydroxyl groups is 2. The topological polar surface area (TPSA) is 106 Å². The van der Waals surface area contributed by atoms with E-state index in [4.69, 9.17) is 5.73 Å². The van der Waals surface area contributed by atoms with Gasteiger partial charge in [-0.2, -0.15) is 0 Å². The van der Waals surface area contributed by atoms with Gasteiger partial charge in [-0.05, 0) is 6.07 Å². The number of halogens is 1. The molecule has 0 bridgehead atoms. The molecular weight excluding hydrogens is 231 g/mol. The molecular formula is C10H13FN2O4. The minimum Gasteiger partial charge on any atom is -0.469 e. The van der Waals surface area contributed by atoms with Crippen LogP contribution in [-0.4, -0.2) is 34.4 Å². The number of aromatic nitrogens is 1. The Hall–Kier alpha value is -1.73. The summed E-state index contributed by atoms with van der Waals surface area (Å²) in [5.74, 6) is -1.78. The summed E-state index contributed by atoms with van der Waals surface area (Å²) < 4.78 is 17.4. The van der Waals surface area contributed by atoms with Crippen LogP contribution in [0.5, 0.6) is 0 Å². The Morgan fingerprint density at radius 3 is 2.82 bits per heavy atom. The molecule has 6 nitrogen and oxygen atoms in total. The maximum absolute atomic E-state index is 13.1. The minimum absolute atomic E-state index is 0.0353. The number of pyridine rings is 1. The zero-order valence-corrected chi connectivity index (χ0v) is 9.13. The Balaban J connectivity index is 2.77. The van der Waals surface area contributed by atoms with Gasteiger partial charge in [0.05, 0.1) is 19.6 Å². The van der Waals surface area contributed by atoms with Crippen molar-refractivity contribution in [2.24, 2.45) is 0 Å². The molecule has 1 rings (SSSR count). The number of nitrogens with two attached hydrogens (primary N) is 1. The Kier molecular flexibility index (Phi) is 4.36. The molecule has 1 aromatic rings. The predicted molar refractivity (Wildman–Crippen MR) is 56.2 cm³/mol. The summed E-state index contributed by atoms with van der Waals surface area (Å²) in [5.41, 5.74) is 5.20. The van der Waals surface area contributed by atoms with E-state index in [0.29, 0.717) is 0 Å². The van der Waals surface area contributed by atoms with Crippen LogP contribution in [0.1, 0.15) is 18.1 Å². The van der Waals surface area contributed by atoms with Crippen LogP contribution in [0.4, 0.5) is 10.2 Å². The number of hydrogen-bond acceptors (Lipinski definition) is 6. The molecule has 0 radical (unpaired) electrons. The number of rotatable bonds is 4. The van der Waals surface area contributed by atoms with Crippen molar-refractivity contribution in [3.63, 3.8) is 0 Å². The third-order valence-corrected chi connectivity index (χ3v) is 2.20. The lowest BCUT2D eigenvalue weighted by molar-refractivity contribution is -0.144. The normalized spacial score (nSPS) is 14.1. The molecule has 17 heavy (non-hydrogen) atoms. The number of methoxy groups -OCH3 is 1. The molecule has 0 aliphatic carbocycles. The molecule has 0 saturated heterocycles. The van der Waals surface area contributed by atoms with Crippen molar-refractivity contribution in [3.8, 4) is 0 Å². The van der Waals surface area contributed by atoms with Crippen molar-refractivity contribution in [1.29, 1.82) is 0 Å². The molecule has 0 aliphatic rings. The first kappa shape index (κ1) is 13.3. The molecule has 7 heteroatoms.